The molecule has 1 aromatic carbocycles. The Morgan fingerprint density at radius 2 is 1.88 bits per heavy atom. The fourth-order valence-corrected chi connectivity index (χ4v) is 2.73. The number of amides is 1. The van der Waals surface area contributed by atoms with E-state index in [1.165, 1.54) is 0 Å². The van der Waals surface area contributed by atoms with Gasteiger partial charge >= 0.3 is 0 Å². The molecule has 3 aromatic heterocycles. The molecule has 1 N–H and O–H groups in total. The highest BCUT2D eigenvalue weighted by Crippen LogP contribution is 2.20. The van der Waals surface area contributed by atoms with Crippen molar-refractivity contribution in [3.8, 4) is 11.3 Å². The number of halogens is 1. The Balaban J connectivity index is 1.63. The highest BCUT2D eigenvalue weighted by molar-refractivity contribution is 6.29. The number of hydrogen-bond donors (Lipinski definition) is 1. The van der Waals surface area contributed by atoms with Gasteiger partial charge in [0, 0.05) is 23.6 Å². The van der Waals surface area contributed by atoms with E-state index in [2.05, 4.69) is 15.4 Å². The molecule has 1 amide bonds. The fourth-order valence-electron chi connectivity index (χ4n) is 2.55. The first kappa shape index (κ1) is 15.4. The Hall–Kier alpha value is -3.18. The lowest BCUT2D eigenvalue weighted by Gasteiger charge is -2.05. The third-order valence-electron chi connectivity index (χ3n) is 3.78. The van der Waals surface area contributed by atoms with Gasteiger partial charge in [-0.15, -0.1) is 0 Å². The molecule has 0 spiro atoms. The van der Waals surface area contributed by atoms with Crippen LogP contribution in [-0.2, 0) is 0 Å². The van der Waals surface area contributed by atoms with Crippen LogP contribution in [0.2, 0.25) is 5.15 Å². The molecule has 4 rings (SSSR count). The molecular formula is C19H13ClN4O. The predicted octanol–water partition coefficient (Wildman–Crippen LogP) is 4.30. The second kappa shape index (κ2) is 6.37. The predicted molar refractivity (Wildman–Crippen MR) is 97.8 cm³/mol. The topological polar surface area (TPSA) is 59.3 Å². The van der Waals surface area contributed by atoms with Crippen LogP contribution >= 0.6 is 11.6 Å². The van der Waals surface area contributed by atoms with Crippen LogP contribution in [0.15, 0.2) is 73.1 Å². The van der Waals surface area contributed by atoms with Crippen molar-refractivity contribution in [2.45, 2.75) is 0 Å². The summed E-state index contributed by atoms with van der Waals surface area (Å²) in [6.07, 6.45) is 3.25. The Morgan fingerprint density at radius 3 is 2.68 bits per heavy atom. The van der Waals surface area contributed by atoms with E-state index in [-0.39, 0.29) is 5.91 Å². The largest absolute Gasteiger partial charge is 0.322 e. The Labute approximate surface area is 148 Å². The van der Waals surface area contributed by atoms with E-state index >= 15 is 0 Å². The van der Waals surface area contributed by atoms with E-state index in [0.717, 1.165) is 16.8 Å². The molecule has 4 aromatic rings. The van der Waals surface area contributed by atoms with Crippen molar-refractivity contribution < 1.29 is 4.79 Å². The Bertz CT molecular complexity index is 1060. The van der Waals surface area contributed by atoms with Gasteiger partial charge in [-0.25, -0.2) is 9.50 Å². The van der Waals surface area contributed by atoms with E-state index in [4.69, 9.17) is 11.6 Å². The summed E-state index contributed by atoms with van der Waals surface area (Å²) in [5.41, 5.74) is 3.91. The normalized spacial score (nSPS) is 10.8. The van der Waals surface area contributed by atoms with Gasteiger partial charge in [-0.2, -0.15) is 5.10 Å². The summed E-state index contributed by atoms with van der Waals surface area (Å²) >= 11 is 5.84. The number of anilines is 1. The van der Waals surface area contributed by atoms with Crippen LogP contribution in [-0.4, -0.2) is 20.5 Å². The number of nitrogens with zero attached hydrogens (tertiary/aromatic N) is 3. The first-order valence-corrected chi connectivity index (χ1v) is 8.05. The van der Waals surface area contributed by atoms with Gasteiger partial charge in [0.25, 0.3) is 5.91 Å². The van der Waals surface area contributed by atoms with Crippen molar-refractivity contribution in [2.24, 2.45) is 0 Å². The van der Waals surface area contributed by atoms with Crippen molar-refractivity contribution in [3.05, 3.63) is 83.8 Å². The summed E-state index contributed by atoms with van der Waals surface area (Å²) in [5.74, 6) is -0.235. The molecule has 0 saturated carbocycles. The molecule has 0 radical (unpaired) electrons. The minimum Gasteiger partial charge on any atom is -0.322 e. The highest BCUT2D eigenvalue weighted by Gasteiger charge is 2.10. The maximum atomic E-state index is 12.4. The second-order valence-corrected chi connectivity index (χ2v) is 5.89. The lowest BCUT2D eigenvalue weighted by molar-refractivity contribution is 0.102. The van der Waals surface area contributed by atoms with Gasteiger partial charge in [0.1, 0.15) is 5.15 Å². The van der Waals surface area contributed by atoms with Gasteiger partial charge in [0.15, 0.2) is 0 Å². The first-order chi connectivity index (χ1) is 12.2. The quantitative estimate of drug-likeness (QED) is 0.561. The van der Waals surface area contributed by atoms with Crippen molar-refractivity contribution in [1.29, 1.82) is 0 Å². The van der Waals surface area contributed by atoms with Crippen LogP contribution in [0.4, 0.5) is 5.69 Å². The summed E-state index contributed by atoms with van der Waals surface area (Å²) in [6, 6.07) is 18.8. The number of rotatable bonds is 3. The second-order valence-electron chi connectivity index (χ2n) is 5.50. The molecule has 5 nitrogen and oxygen atoms in total. The first-order valence-electron chi connectivity index (χ1n) is 7.67. The van der Waals surface area contributed by atoms with Gasteiger partial charge in [-0.3, -0.25) is 4.79 Å². The molecular weight excluding hydrogens is 336 g/mol. The number of nitrogens with one attached hydrogen (secondary N) is 1. The van der Waals surface area contributed by atoms with Gasteiger partial charge in [-0.05, 0) is 30.3 Å². The number of benzene rings is 1. The van der Waals surface area contributed by atoms with Crippen molar-refractivity contribution in [3.63, 3.8) is 0 Å². The average molecular weight is 349 g/mol. The standard InChI is InChI=1S/C19H13ClN4O/c20-18-10-15(8-9-21-18)22-19(25)14-6-7-16-11-17(23-24(16)12-14)13-4-2-1-3-5-13/h1-12H,(H,21,22,25). The van der Waals surface area contributed by atoms with Crippen molar-refractivity contribution >= 4 is 28.7 Å². The molecule has 3 heterocycles. The monoisotopic (exact) mass is 348 g/mol. The maximum absolute atomic E-state index is 12.4. The molecule has 0 fully saturated rings. The van der Waals surface area contributed by atoms with Gasteiger partial charge in [0.2, 0.25) is 0 Å². The summed E-state index contributed by atoms with van der Waals surface area (Å²) in [4.78, 5) is 16.3. The van der Waals surface area contributed by atoms with Crippen LogP contribution < -0.4 is 5.32 Å². The zero-order valence-electron chi connectivity index (χ0n) is 13.1. The molecule has 0 saturated heterocycles. The third-order valence-corrected chi connectivity index (χ3v) is 3.98. The fraction of sp³-hybridized carbons (Fsp3) is 0. The van der Waals surface area contributed by atoms with Gasteiger partial charge in [-0.1, -0.05) is 41.9 Å². The smallest absolute Gasteiger partial charge is 0.257 e. The summed E-state index contributed by atoms with van der Waals surface area (Å²) in [7, 11) is 0. The highest BCUT2D eigenvalue weighted by atomic mass is 35.5. The van der Waals surface area contributed by atoms with Crippen molar-refractivity contribution in [1.82, 2.24) is 14.6 Å². The molecule has 0 unspecified atom stereocenters. The van der Waals surface area contributed by atoms with E-state index < -0.39 is 0 Å². The Morgan fingerprint density at radius 1 is 1.04 bits per heavy atom. The van der Waals surface area contributed by atoms with E-state index in [0.29, 0.717) is 16.4 Å². The van der Waals surface area contributed by atoms with E-state index in [1.54, 1.807) is 35.1 Å². The number of carbonyl (C=O) groups is 1. The van der Waals surface area contributed by atoms with Crippen LogP contribution in [0.3, 0.4) is 0 Å². The molecule has 0 aliphatic carbocycles. The molecule has 6 heteroatoms. The lowest BCUT2D eigenvalue weighted by Crippen LogP contribution is -2.12. The summed E-state index contributed by atoms with van der Waals surface area (Å²) in [6.45, 7) is 0. The van der Waals surface area contributed by atoms with Crippen molar-refractivity contribution in [2.75, 3.05) is 5.32 Å². The number of carbonyl (C=O) groups excluding carboxylic acids is 1. The van der Waals surface area contributed by atoms with E-state index in [1.807, 2.05) is 42.5 Å². The average Bonchev–Trinajstić information content (AvgIpc) is 3.06. The summed E-state index contributed by atoms with van der Waals surface area (Å²) in [5, 5.41) is 7.68. The SMILES string of the molecule is O=C(Nc1ccnc(Cl)c1)c1ccc2cc(-c3ccccc3)nn2c1. The zero-order chi connectivity index (χ0) is 17.2. The molecule has 0 aliphatic rings. The third kappa shape index (κ3) is 3.22. The minimum atomic E-state index is -0.235. The number of fused-ring (bicyclic) bond motifs is 1. The molecule has 0 atom stereocenters. The molecule has 0 aliphatic heterocycles. The summed E-state index contributed by atoms with van der Waals surface area (Å²) < 4.78 is 1.71. The molecule has 0 bridgehead atoms. The zero-order valence-corrected chi connectivity index (χ0v) is 13.8. The number of aromatic nitrogens is 3. The molecule has 122 valence electrons. The van der Waals surface area contributed by atoms with Crippen LogP contribution in [0.25, 0.3) is 16.8 Å². The molecule has 25 heavy (non-hydrogen) atoms. The van der Waals surface area contributed by atoms with Crippen LogP contribution in [0.5, 0.6) is 0 Å². The van der Waals surface area contributed by atoms with Crippen LogP contribution in [0.1, 0.15) is 10.4 Å². The lowest BCUT2D eigenvalue weighted by atomic mass is 10.1. The minimum absolute atomic E-state index is 0.235. The van der Waals surface area contributed by atoms with Gasteiger partial charge in [0.05, 0.1) is 16.8 Å². The van der Waals surface area contributed by atoms with Gasteiger partial charge < -0.3 is 5.32 Å². The van der Waals surface area contributed by atoms with Crippen LogP contribution in [0, 0.1) is 0 Å². The number of hydrogen-bond acceptors (Lipinski definition) is 3. The van der Waals surface area contributed by atoms with E-state index in [9.17, 15) is 4.79 Å². The number of pyridine rings is 2. The maximum Gasteiger partial charge on any atom is 0.257 e. The Kier molecular flexibility index (Phi) is 3.91.